The third-order valence-electron chi connectivity index (χ3n) is 1.94. The molecule has 0 saturated carbocycles. The van der Waals surface area contributed by atoms with Crippen LogP contribution in [0.3, 0.4) is 0 Å². The van der Waals surface area contributed by atoms with Crippen LogP contribution in [-0.2, 0) is 4.74 Å². The first-order chi connectivity index (χ1) is 6.75. The largest absolute Gasteiger partial charge is 0.471 e. The fourth-order valence-electron chi connectivity index (χ4n) is 1.25. The Labute approximate surface area is 95.5 Å². The summed E-state index contributed by atoms with van der Waals surface area (Å²) in [6.45, 7) is 1.37. The van der Waals surface area contributed by atoms with Crippen LogP contribution in [0, 0.1) is 0 Å². The SMILES string of the molecule is Clc1cc(Br)cnc1OC1CCOC1. The third-order valence-corrected chi connectivity index (χ3v) is 2.64. The summed E-state index contributed by atoms with van der Waals surface area (Å²) in [6, 6.07) is 1.76. The summed E-state index contributed by atoms with van der Waals surface area (Å²) in [5, 5.41) is 0.520. The molecule has 0 bridgehead atoms. The molecule has 1 aromatic heterocycles. The summed E-state index contributed by atoms with van der Waals surface area (Å²) in [5.74, 6) is 0.477. The first kappa shape index (κ1) is 10.2. The molecule has 2 heterocycles. The zero-order chi connectivity index (χ0) is 9.97. The van der Waals surface area contributed by atoms with Crippen molar-refractivity contribution < 1.29 is 9.47 Å². The fourth-order valence-corrected chi connectivity index (χ4v) is 1.93. The Hall–Kier alpha value is -0.320. The molecule has 2 rings (SSSR count). The van der Waals surface area contributed by atoms with Crippen LogP contribution in [0.15, 0.2) is 16.7 Å². The summed E-state index contributed by atoms with van der Waals surface area (Å²) >= 11 is 9.23. The molecule has 1 aliphatic rings. The van der Waals surface area contributed by atoms with Crippen molar-refractivity contribution in [3.8, 4) is 5.88 Å². The molecule has 1 saturated heterocycles. The number of halogens is 2. The Morgan fingerprint density at radius 1 is 1.64 bits per heavy atom. The van der Waals surface area contributed by atoms with Gasteiger partial charge in [-0.25, -0.2) is 4.98 Å². The topological polar surface area (TPSA) is 31.4 Å². The number of pyridine rings is 1. The van der Waals surface area contributed by atoms with Gasteiger partial charge in [-0.2, -0.15) is 0 Å². The molecule has 0 aliphatic carbocycles. The lowest BCUT2D eigenvalue weighted by atomic mass is 10.3. The molecule has 3 nitrogen and oxygen atoms in total. The maximum absolute atomic E-state index is 5.95. The van der Waals surface area contributed by atoms with Crippen LogP contribution in [0.2, 0.25) is 5.02 Å². The van der Waals surface area contributed by atoms with Crippen molar-refractivity contribution >= 4 is 27.5 Å². The van der Waals surface area contributed by atoms with Crippen molar-refractivity contribution in [1.29, 1.82) is 0 Å². The standard InChI is InChI=1S/C9H9BrClNO2/c10-6-3-8(11)9(12-4-6)14-7-1-2-13-5-7/h3-4,7H,1-2,5H2. The molecule has 0 spiro atoms. The minimum Gasteiger partial charge on any atom is -0.471 e. The van der Waals surface area contributed by atoms with Crippen LogP contribution >= 0.6 is 27.5 Å². The Balaban J connectivity index is 2.08. The van der Waals surface area contributed by atoms with Gasteiger partial charge in [-0.1, -0.05) is 11.6 Å². The van der Waals surface area contributed by atoms with E-state index in [1.807, 2.05) is 0 Å². The third kappa shape index (κ3) is 2.38. The molecule has 1 atom stereocenters. The molecule has 0 aromatic carbocycles. The van der Waals surface area contributed by atoms with E-state index in [9.17, 15) is 0 Å². The van der Waals surface area contributed by atoms with Gasteiger partial charge in [0.2, 0.25) is 5.88 Å². The first-order valence-corrected chi connectivity index (χ1v) is 5.48. The average molecular weight is 279 g/mol. The molecule has 1 aromatic rings. The lowest BCUT2D eigenvalue weighted by Gasteiger charge is -2.11. The fraction of sp³-hybridized carbons (Fsp3) is 0.444. The van der Waals surface area contributed by atoms with Crippen molar-refractivity contribution in [3.05, 3.63) is 21.8 Å². The van der Waals surface area contributed by atoms with Gasteiger partial charge in [0, 0.05) is 17.1 Å². The predicted molar refractivity (Wildman–Crippen MR) is 56.8 cm³/mol. The molecule has 14 heavy (non-hydrogen) atoms. The smallest absolute Gasteiger partial charge is 0.232 e. The number of hydrogen-bond donors (Lipinski definition) is 0. The number of nitrogens with zero attached hydrogens (tertiary/aromatic N) is 1. The Kier molecular flexibility index (Phi) is 3.26. The van der Waals surface area contributed by atoms with E-state index in [0.717, 1.165) is 17.5 Å². The van der Waals surface area contributed by atoms with Gasteiger partial charge in [-0.15, -0.1) is 0 Å². The molecule has 1 aliphatic heterocycles. The normalized spacial score (nSPS) is 21.1. The van der Waals surface area contributed by atoms with Crippen LogP contribution in [0.4, 0.5) is 0 Å². The Morgan fingerprint density at radius 3 is 3.14 bits per heavy atom. The Bertz CT molecular complexity index is 329. The van der Waals surface area contributed by atoms with Crippen LogP contribution in [0.25, 0.3) is 0 Å². The average Bonchev–Trinajstić information content (AvgIpc) is 2.62. The van der Waals surface area contributed by atoms with Gasteiger partial charge in [0.1, 0.15) is 11.1 Å². The molecular formula is C9H9BrClNO2. The van der Waals surface area contributed by atoms with Crippen molar-refractivity contribution in [2.75, 3.05) is 13.2 Å². The zero-order valence-corrected chi connectivity index (χ0v) is 9.71. The second kappa shape index (κ2) is 4.47. The number of hydrogen-bond acceptors (Lipinski definition) is 3. The number of rotatable bonds is 2. The van der Waals surface area contributed by atoms with Gasteiger partial charge in [0.05, 0.1) is 13.2 Å². The molecule has 5 heteroatoms. The van der Waals surface area contributed by atoms with E-state index in [0.29, 0.717) is 17.5 Å². The predicted octanol–water partition coefficient (Wildman–Crippen LogP) is 2.67. The van der Waals surface area contributed by atoms with Crippen LogP contribution in [0.1, 0.15) is 6.42 Å². The first-order valence-electron chi connectivity index (χ1n) is 4.31. The quantitative estimate of drug-likeness (QED) is 0.833. The second-order valence-electron chi connectivity index (χ2n) is 3.04. The van der Waals surface area contributed by atoms with Crippen LogP contribution < -0.4 is 4.74 Å². The summed E-state index contributed by atoms with van der Waals surface area (Å²) in [4.78, 5) is 4.08. The molecule has 76 valence electrons. The van der Waals surface area contributed by atoms with Crippen molar-refractivity contribution in [1.82, 2.24) is 4.98 Å². The van der Waals surface area contributed by atoms with E-state index >= 15 is 0 Å². The highest BCUT2D eigenvalue weighted by Gasteiger charge is 2.18. The number of aromatic nitrogens is 1. The lowest BCUT2D eigenvalue weighted by molar-refractivity contribution is 0.138. The maximum Gasteiger partial charge on any atom is 0.232 e. The molecule has 1 unspecified atom stereocenters. The summed E-state index contributed by atoms with van der Waals surface area (Å²) < 4.78 is 11.6. The highest BCUT2D eigenvalue weighted by atomic mass is 79.9. The second-order valence-corrected chi connectivity index (χ2v) is 4.37. The van der Waals surface area contributed by atoms with Gasteiger partial charge in [0.25, 0.3) is 0 Å². The molecule has 1 fully saturated rings. The number of ether oxygens (including phenoxy) is 2. The molecule has 0 radical (unpaired) electrons. The monoisotopic (exact) mass is 277 g/mol. The highest BCUT2D eigenvalue weighted by Crippen LogP contribution is 2.26. The summed E-state index contributed by atoms with van der Waals surface area (Å²) in [6.07, 6.45) is 2.65. The lowest BCUT2D eigenvalue weighted by Crippen LogP contribution is -2.16. The van der Waals surface area contributed by atoms with Crippen LogP contribution in [0.5, 0.6) is 5.88 Å². The van der Waals surface area contributed by atoms with Crippen molar-refractivity contribution in [2.24, 2.45) is 0 Å². The zero-order valence-electron chi connectivity index (χ0n) is 7.37. The van der Waals surface area contributed by atoms with Gasteiger partial charge in [-0.05, 0) is 22.0 Å². The van der Waals surface area contributed by atoms with E-state index < -0.39 is 0 Å². The van der Waals surface area contributed by atoms with Crippen LogP contribution in [-0.4, -0.2) is 24.3 Å². The highest BCUT2D eigenvalue weighted by molar-refractivity contribution is 9.10. The van der Waals surface area contributed by atoms with Gasteiger partial charge in [0.15, 0.2) is 0 Å². The van der Waals surface area contributed by atoms with E-state index in [-0.39, 0.29) is 6.10 Å². The summed E-state index contributed by atoms with van der Waals surface area (Å²) in [5.41, 5.74) is 0. The molecule has 0 N–H and O–H groups in total. The van der Waals surface area contributed by atoms with E-state index in [1.54, 1.807) is 12.3 Å². The minimum atomic E-state index is 0.0844. The summed E-state index contributed by atoms with van der Waals surface area (Å²) in [7, 11) is 0. The maximum atomic E-state index is 5.95. The van der Waals surface area contributed by atoms with Crippen molar-refractivity contribution in [2.45, 2.75) is 12.5 Å². The van der Waals surface area contributed by atoms with Gasteiger partial charge in [-0.3, -0.25) is 0 Å². The van der Waals surface area contributed by atoms with E-state index in [2.05, 4.69) is 20.9 Å². The Morgan fingerprint density at radius 2 is 2.50 bits per heavy atom. The molecular weight excluding hydrogens is 269 g/mol. The van der Waals surface area contributed by atoms with Gasteiger partial charge >= 0.3 is 0 Å². The molecule has 0 amide bonds. The van der Waals surface area contributed by atoms with Gasteiger partial charge < -0.3 is 9.47 Å². The van der Waals surface area contributed by atoms with Crippen molar-refractivity contribution in [3.63, 3.8) is 0 Å². The minimum absolute atomic E-state index is 0.0844. The van der Waals surface area contributed by atoms with E-state index in [1.165, 1.54) is 0 Å². The van der Waals surface area contributed by atoms with E-state index in [4.69, 9.17) is 21.1 Å².